The van der Waals surface area contributed by atoms with Gasteiger partial charge >= 0.3 is 0 Å². The number of nitrogens with two attached hydrogens (primary N) is 1. The molecule has 11 heavy (non-hydrogen) atoms. The van der Waals surface area contributed by atoms with Crippen molar-refractivity contribution in [2.75, 3.05) is 0 Å². The summed E-state index contributed by atoms with van der Waals surface area (Å²) in [5, 5.41) is 27.7. The number of rotatable bonds is 0. The lowest BCUT2D eigenvalue weighted by Gasteiger charge is -2.37. The van der Waals surface area contributed by atoms with Gasteiger partial charge in [-0.05, 0) is 12.3 Å². The highest BCUT2D eigenvalue weighted by atomic mass is 16.4. The third-order valence-electron chi connectivity index (χ3n) is 2.37. The number of aliphatic hydroxyl groups excluding tert-OH is 3. The molecule has 4 heteroatoms. The molecular weight excluding hydrogens is 146 g/mol. The molecule has 5 N–H and O–H groups in total. The van der Waals surface area contributed by atoms with E-state index >= 15 is 0 Å². The SMILES string of the molecule is CC1C[C@@H](N)[C@H](O)C(O)[C@H]1O. The Labute approximate surface area is 65.6 Å². The highest BCUT2D eigenvalue weighted by molar-refractivity contribution is 4.92. The summed E-state index contributed by atoms with van der Waals surface area (Å²) in [6, 6.07) is -0.414. The van der Waals surface area contributed by atoms with Crippen LogP contribution in [0.5, 0.6) is 0 Å². The average molecular weight is 161 g/mol. The van der Waals surface area contributed by atoms with Crippen LogP contribution in [0.25, 0.3) is 0 Å². The van der Waals surface area contributed by atoms with Gasteiger partial charge in [0.2, 0.25) is 0 Å². The zero-order valence-electron chi connectivity index (χ0n) is 6.51. The van der Waals surface area contributed by atoms with E-state index in [1.54, 1.807) is 6.92 Å². The molecule has 1 aliphatic rings. The summed E-state index contributed by atoms with van der Waals surface area (Å²) in [6.07, 6.45) is -2.36. The van der Waals surface area contributed by atoms with Crippen LogP contribution in [0.3, 0.4) is 0 Å². The molecule has 0 aromatic carbocycles. The first-order chi connectivity index (χ1) is 5.04. The first-order valence-corrected chi connectivity index (χ1v) is 3.84. The zero-order valence-corrected chi connectivity index (χ0v) is 6.51. The lowest BCUT2D eigenvalue weighted by atomic mass is 9.81. The Morgan fingerprint density at radius 2 is 1.64 bits per heavy atom. The quantitative estimate of drug-likeness (QED) is 0.346. The topological polar surface area (TPSA) is 86.7 Å². The minimum Gasteiger partial charge on any atom is -0.390 e. The number of hydrogen-bond acceptors (Lipinski definition) is 4. The summed E-state index contributed by atoms with van der Waals surface area (Å²) in [7, 11) is 0. The molecule has 0 aromatic rings. The molecule has 1 aliphatic carbocycles. The standard InChI is InChI=1S/C7H15NO3/c1-3-2-4(8)6(10)7(11)5(3)9/h3-7,9-11H,2,8H2,1H3/t3?,4-,5+,6+,7?/m1/s1. The Morgan fingerprint density at radius 3 is 2.18 bits per heavy atom. The van der Waals surface area contributed by atoms with Crippen molar-refractivity contribution in [2.45, 2.75) is 37.7 Å². The monoisotopic (exact) mass is 161 g/mol. The molecule has 0 heterocycles. The molecule has 0 radical (unpaired) electrons. The fourth-order valence-electron chi connectivity index (χ4n) is 1.50. The Morgan fingerprint density at radius 1 is 1.09 bits per heavy atom. The van der Waals surface area contributed by atoms with Crippen LogP contribution < -0.4 is 5.73 Å². The maximum Gasteiger partial charge on any atom is 0.107 e. The molecule has 4 nitrogen and oxygen atoms in total. The predicted molar refractivity (Wildman–Crippen MR) is 39.8 cm³/mol. The lowest BCUT2D eigenvalue weighted by molar-refractivity contribution is -0.114. The van der Waals surface area contributed by atoms with E-state index in [1.165, 1.54) is 0 Å². The maximum absolute atomic E-state index is 9.27. The Bertz CT molecular complexity index is 128. The number of aliphatic hydroxyl groups is 3. The second-order valence-corrected chi connectivity index (χ2v) is 3.35. The van der Waals surface area contributed by atoms with Crippen LogP contribution in [0.2, 0.25) is 0 Å². The Kier molecular flexibility index (Phi) is 2.49. The van der Waals surface area contributed by atoms with Crippen molar-refractivity contribution in [2.24, 2.45) is 11.7 Å². The normalized spacial score (nSPS) is 52.6. The van der Waals surface area contributed by atoms with E-state index in [0.29, 0.717) is 6.42 Å². The van der Waals surface area contributed by atoms with Gasteiger partial charge in [0.25, 0.3) is 0 Å². The third kappa shape index (κ3) is 1.54. The van der Waals surface area contributed by atoms with Gasteiger partial charge in [0.15, 0.2) is 0 Å². The van der Waals surface area contributed by atoms with Gasteiger partial charge in [0, 0.05) is 6.04 Å². The van der Waals surface area contributed by atoms with Crippen LogP contribution in [-0.2, 0) is 0 Å². The van der Waals surface area contributed by atoms with Crippen molar-refractivity contribution in [1.82, 2.24) is 0 Å². The van der Waals surface area contributed by atoms with Gasteiger partial charge in [-0.15, -0.1) is 0 Å². The molecule has 66 valence electrons. The summed E-state index contributed by atoms with van der Waals surface area (Å²) in [6.45, 7) is 1.81. The molecule has 0 aromatic heterocycles. The van der Waals surface area contributed by atoms with Gasteiger partial charge < -0.3 is 21.1 Å². The summed E-state index contributed by atoms with van der Waals surface area (Å²) >= 11 is 0. The van der Waals surface area contributed by atoms with Crippen LogP contribution >= 0.6 is 0 Å². The van der Waals surface area contributed by atoms with Gasteiger partial charge in [0.1, 0.15) is 6.10 Å². The molecule has 1 fully saturated rings. The second kappa shape index (κ2) is 3.06. The van der Waals surface area contributed by atoms with Gasteiger partial charge in [-0.3, -0.25) is 0 Å². The van der Waals surface area contributed by atoms with Crippen LogP contribution in [0, 0.1) is 5.92 Å². The second-order valence-electron chi connectivity index (χ2n) is 3.35. The smallest absolute Gasteiger partial charge is 0.107 e. The highest BCUT2D eigenvalue weighted by Gasteiger charge is 2.38. The van der Waals surface area contributed by atoms with Crippen molar-refractivity contribution in [1.29, 1.82) is 0 Å². The average Bonchev–Trinajstić information content (AvgIpc) is 1.97. The van der Waals surface area contributed by atoms with Gasteiger partial charge in [-0.25, -0.2) is 0 Å². The summed E-state index contributed by atoms with van der Waals surface area (Å²) in [5.74, 6) is -0.0385. The van der Waals surface area contributed by atoms with Crippen LogP contribution in [0.15, 0.2) is 0 Å². The molecule has 0 bridgehead atoms. The molecule has 0 aliphatic heterocycles. The fraction of sp³-hybridized carbons (Fsp3) is 1.00. The van der Waals surface area contributed by atoms with Crippen LogP contribution in [0.4, 0.5) is 0 Å². The van der Waals surface area contributed by atoms with E-state index in [4.69, 9.17) is 5.73 Å². The molecular formula is C7H15NO3. The van der Waals surface area contributed by atoms with E-state index in [-0.39, 0.29) is 5.92 Å². The Balaban J connectivity index is 2.63. The summed E-state index contributed by atoms with van der Waals surface area (Å²) in [4.78, 5) is 0. The van der Waals surface area contributed by atoms with Gasteiger partial charge in [-0.2, -0.15) is 0 Å². The van der Waals surface area contributed by atoms with E-state index in [2.05, 4.69) is 0 Å². The first kappa shape index (κ1) is 8.93. The van der Waals surface area contributed by atoms with Gasteiger partial charge in [-0.1, -0.05) is 6.92 Å². The van der Waals surface area contributed by atoms with Crippen LogP contribution in [-0.4, -0.2) is 39.7 Å². The molecule has 5 atom stereocenters. The summed E-state index contributed by atoms with van der Waals surface area (Å²) in [5.41, 5.74) is 5.50. The van der Waals surface area contributed by atoms with Crippen molar-refractivity contribution in [3.05, 3.63) is 0 Å². The largest absolute Gasteiger partial charge is 0.390 e. The van der Waals surface area contributed by atoms with E-state index in [1.807, 2.05) is 0 Å². The third-order valence-corrected chi connectivity index (χ3v) is 2.37. The van der Waals surface area contributed by atoms with Crippen LogP contribution in [0.1, 0.15) is 13.3 Å². The van der Waals surface area contributed by atoms with Crippen molar-refractivity contribution < 1.29 is 15.3 Å². The lowest BCUT2D eigenvalue weighted by Crippen LogP contribution is -2.55. The number of hydrogen-bond donors (Lipinski definition) is 4. The summed E-state index contributed by atoms with van der Waals surface area (Å²) < 4.78 is 0. The highest BCUT2D eigenvalue weighted by Crippen LogP contribution is 2.23. The molecule has 2 unspecified atom stereocenters. The fourth-order valence-corrected chi connectivity index (χ4v) is 1.50. The molecule has 0 saturated heterocycles. The minimum absolute atomic E-state index is 0.0385. The van der Waals surface area contributed by atoms with E-state index in [0.717, 1.165) is 0 Å². The molecule has 1 rings (SSSR count). The van der Waals surface area contributed by atoms with E-state index in [9.17, 15) is 15.3 Å². The van der Waals surface area contributed by atoms with E-state index < -0.39 is 24.4 Å². The first-order valence-electron chi connectivity index (χ1n) is 3.84. The molecule has 0 spiro atoms. The maximum atomic E-state index is 9.27. The zero-order chi connectivity index (χ0) is 8.59. The predicted octanol–water partition coefficient (Wildman–Crippen LogP) is -1.56. The minimum atomic E-state index is -1.09. The van der Waals surface area contributed by atoms with Crippen molar-refractivity contribution in [3.8, 4) is 0 Å². The van der Waals surface area contributed by atoms with Crippen molar-refractivity contribution >= 4 is 0 Å². The Hall–Kier alpha value is -0.160. The molecule has 0 amide bonds. The van der Waals surface area contributed by atoms with Crippen molar-refractivity contribution in [3.63, 3.8) is 0 Å². The van der Waals surface area contributed by atoms with Gasteiger partial charge in [0.05, 0.1) is 12.2 Å². The molecule has 1 saturated carbocycles.